The molecular weight excluding hydrogens is 254 g/mol. The molecule has 0 saturated carbocycles. The molecule has 2 aromatic rings. The van der Waals surface area contributed by atoms with Crippen LogP contribution in [0, 0.1) is 11.3 Å². The molecule has 2 rings (SSSR count). The van der Waals surface area contributed by atoms with Crippen LogP contribution in [-0.2, 0) is 11.3 Å². The monoisotopic (exact) mass is 269 g/mol. The van der Waals surface area contributed by atoms with E-state index in [1.807, 2.05) is 18.2 Å². The molecule has 1 heterocycles. The number of carbonyl (C=O) groups is 1. The maximum absolute atomic E-state index is 11.7. The molecule has 0 atom stereocenters. The molecule has 0 fully saturated rings. The molecule has 0 aliphatic heterocycles. The van der Waals surface area contributed by atoms with Crippen LogP contribution in [0.2, 0.25) is 0 Å². The molecule has 102 valence electrons. The van der Waals surface area contributed by atoms with E-state index in [1.54, 1.807) is 25.3 Å². The average molecular weight is 269 g/mol. The van der Waals surface area contributed by atoms with Crippen LogP contribution < -0.4 is 5.32 Å². The third kappa shape index (κ3) is 2.98. The molecule has 0 amide bonds. The molecule has 1 aromatic heterocycles. The van der Waals surface area contributed by atoms with Crippen LogP contribution in [0.1, 0.15) is 28.5 Å². The fourth-order valence-corrected chi connectivity index (χ4v) is 1.86. The summed E-state index contributed by atoms with van der Waals surface area (Å²) in [5, 5.41) is 12.2. The number of aromatic amines is 1. The van der Waals surface area contributed by atoms with Crippen molar-refractivity contribution in [2.75, 3.05) is 11.9 Å². The topological polar surface area (TPSA) is 77.9 Å². The average Bonchev–Trinajstić information content (AvgIpc) is 2.94. The first kappa shape index (κ1) is 13.7. The molecule has 0 radical (unpaired) electrons. The van der Waals surface area contributed by atoms with Gasteiger partial charge in [0.1, 0.15) is 5.69 Å². The molecule has 5 nitrogen and oxygen atoms in total. The zero-order valence-electron chi connectivity index (χ0n) is 11.1. The van der Waals surface area contributed by atoms with Crippen molar-refractivity contribution >= 4 is 11.7 Å². The zero-order chi connectivity index (χ0) is 14.4. The minimum Gasteiger partial charge on any atom is -0.461 e. The highest BCUT2D eigenvalue weighted by Crippen LogP contribution is 2.17. The number of nitriles is 1. The Balaban J connectivity index is 2.10. The van der Waals surface area contributed by atoms with Crippen molar-refractivity contribution in [3.05, 3.63) is 53.3 Å². The van der Waals surface area contributed by atoms with Gasteiger partial charge in [-0.2, -0.15) is 5.26 Å². The van der Waals surface area contributed by atoms with E-state index in [0.29, 0.717) is 30.1 Å². The second kappa shape index (κ2) is 6.43. The number of esters is 1. The summed E-state index contributed by atoms with van der Waals surface area (Å²) < 4.78 is 4.96. The molecule has 0 bridgehead atoms. The highest BCUT2D eigenvalue weighted by Gasteiger charge is 2.13. The number of H-pyrrole nitrogens is 1. The number of nitrogens with one attached hydrogen (secondary N) is 2. The van der Waals surface area contributed by atoms with Gasteiger partial charge in [0.05, 0.1) is 23.9 Å². The standard InChI is InChI=1S/C15H15N3O2/c1-2-20-15(19)14-13(7-8-17-14)18-10-12-6-4-3-5-11(12)9-16/h3-8,17-18H,2,10H2,1H3. The van der Waals surface area contributed by atoms with Crippen molar-refractivity contribution in [1.29, 1.82) is 5.26 Å². The Kier molecular flexibility index (Phi) is 4.40. The smallest absolute Gasteiger partial charge is 0.356 e. The highest BCUT2D eigenvalue weighted by atomic mass is 16.5. The molecule has 2 N–H and O–H groups in total. The predicted molar refractivity (Wildman–Crippen MR) is 75.2 cm³/mol. The lowest BCUT2D eigenvalue weighted by atomic mass is 10.1. The molecule has 0 unspecified atom stereocenters. The minimum atomic E-state index is -0.395. The number of carbonyl (C=O) groups excluding carboxylic acids is 1. The van der Waals surface area contributed by atoms with Gasteiger partial charge in [-0.3, -0.25) is 0 Å². The second-order valence-electron chi connectivity index (χ2n) is 4.11. The van der Waals surface area contributed by atoms with Crippen LogP contribution >= 0.6 is 0 Å². The molecular formula is C15H15N3O2. The molecule has 0 saturated heterocycles. The Labute approximate surface area is 117 Å². The number of hydrogen-bond acceptors (Lipinski definition) is 4. The summed E-state index contributed by atoms with van der Waals surface area (Å²) in [6.45, 7) is 2.56. The summed E-state index contributed by atoms with van der Waals surface area (Å²) >= 11 is 0. The van der Waals surface area contributed by atoms with Crippen LogP contribution in [0.3, 0.4) is 0 Å². The molecule has 0 aliphatic rings. The summed E-state index contributed by atoms with van der Waals surface area (Å²) in [5.41, 5.74) is 2.55. The Hall–Kier alpha value is -2.74. The SMILES string of the molecule is CCOC(=O)c1[nH]ccc1NCc1ccccc1C#N. The highest BCUT2D eigenvalue weighted by molar-refractivity contribution is 5.93. The van der Waals surface area contributed by atoms with Crippen molar-refractivity contribution in [3.8, 4) is 6.07 Å². The second-order valence-corrected chi connectivity index (χ2v) is 4.11. The van der Waals surface area contributed by atoms with Gasteiger partial charge in [-0.25, -0.2) is 4.79 Å². The van der Waals surface area contributed by atoms with E-state index in [4.69, 9.17) is 10.00 Å². The van der Waals surface area contributed by atoms with Crippen LogP contribution in [-0.4, -0.2) is 17.6 Å². The van der Waals surface area contributed by atoms with Crippen molar-refractivity contribution in [2.24, 2.45) is 0 Å². The van der Waals surface area contributed by atoms with E-state index in [9.17, 15) is 4.79 Å². The summed E-state index contributed by atoms with van der Waals surface area (Å²) in [6, 6.07) is 11.2. The summed E-state index contributed by atoms with van der Waals surface area (Å²) in [4.78, 5) is 14.6. The van der Waals surface area contributed by atoms with Gasteiger partial charge in [0, 0.05) is 12.7 Å². The van der Waals surface area contributed by atoms with E-state index >= 15 is 0 Å². The Morgan fingerprint density at radius 2 is 2.20 bits per heavy atom. The lowest BCUT2D eigenvalue weighted by Crippen LogP contribution is -2.09. The lowest BCUT2D eigenvalue weighted by Gasteiger charge is -2.08. The fourth-order valence-electron chi connectivity index (χ4n) is 1.86. The maximum atomic E-state index is 11.7. The Bertz CT molecular complexity index is 641. The lowest BCUT2D eigenvalue weighted by molar-refractivity contribution is 0.0521. The Morgan fingerprint density at radius 1 is 1.40 bits per heavy atom. The van der Waals surface area contributed by atoms with Gasteiger partial charge in [0.2, 0.25) is 0 Å². The molecule has 20 heavy (non-hydrogen) atoms. The number of aromatic nitrogens is 1. The summed E-state index contributed by atoms with van der Waals surface area (Å²) in [6.07, 6.45) is 1.67. The zero-order valence-corrected chi connectivity index (χ0v) is 11.1. The van der Waals surface area contributed by atoms with Crippen molar-refractivity contribution in [3.63, 3.8) is 0 Å². The van der Waals surface area contributed by atoms with Gasteiger partial charge in [-0.05, 0) is 24.6 Å². The van der Waals surface area contributed by atoms with Crippen molar-refractivity contribution < 1.29 is 9.53 Å². The fraction of sp³-hybridized carbons (Fsp3) is 0.200. The number of rotatable bonds is 5. The van der Waals surface area contributed by atoms with E-state index in [1.165, 1.54) is 0 Å². The van der Waals surface area contributed by atoms with Crippen LogP contribution in [0.4, 0.5) is 5.69 Å². The first-order valence-electron chi connectivity index (χ1n) is 6.32. The van der Waals surface area contributed by atoms with E-state index < -0.39 is 5.97 Å². The van der Waals surface area contributed by atoms with E-state index in [0.717, 1.165) is 5.56 Å². The number of benzene rings is 1. The third-order valence-electron chi connectivity index (χ3n) is 2.83. The first-order chi connectivity index (χ1) is 9.76. The summed E-state index contributed by atoms with van der Waals surface area (Å²) in [5.74, 6) is -0.395. The van der Waals surface area contributed by atoms with E-state index in [2.05, 4.69) is 16.4 Å². The van der Waals surface area contributed by atoms with E-state index in [-0.39, 0.29) is 0 Å². The number of ether oxygens (including phenoxy) is 1. The first-order valence-corrected chi connectivity index (χ1v) is 6.32. The van der Waals surface area contributed by atoms with Crippen LogP contribution in [0.5, 0.6) is 0 Å². The number of nitrogens with zero attached hydrogens (tertiary/aromatic N) is 1. The van der Waals surface area contributed by atoms with Gasteiger partial charge in [-0.1, -0.05) is 18.2 Å². The molecule has 0 spiro atoms. The van der Waals surface area contributed by atoms with Crippen molar-refractivity contribution in [2.45, 2.75) is 13.5 Å². The van der Waals surface area contributed by atoms with Crippen LogP contribution in [0.25, 0.3) is 0 Å². The van der Waals surface area contributed by atoms with Gasteiger partial charge in [0.15, 0.2) is 0 Å². The number of hydrogen-bond donors (Lipinski definition) is 2. The minimum absolute atomic E-state index is 0.328. The molecule has 5 heteroatoms. The van der Waals surface area contributed by atoms with Crippen molar-refractivity contribution in [1.82, 2.24) is 4.98 Å². The van der Waals surface area contributed by atoms with Crippen LogP contribution in [0.15, 0.2) is 36.5 Å². The van der Waals surface area contributed by atoms with Gasteiger partial charge >= 0.3 is 5.97 Å². The Morgan fingerprint density at radius 3 is 2.95 bits per heavy atom. The molecule has 1 aromatic carbocycles. The number of anilines is 1. The van der Waals surface area contributed by atoms with Gasteiger partial charge in [0.25, 0.3) is 0 Å². The predicted octanol–water partition coefficient (Wildman–Crippen LogP) is 2.68. The van der Waals surface area contributed by atoms with Gasteiger partial charge < -0.3 is 15.0 Å². The summed E-state index contributed by atoms with van der Waals surface area (Å²) in [7, 11) is 0. The molecule has 0 aliphatic carbocycles. The normalized spacial score (nSPS) is 9.80. The third-order valence-corrected chi connectivity index (χ3v) is 2.83. The quantitative estimate of drug-likeness (QED) is 0.818. The van der Waals surface area contributed by atoms with Gasteiger partial charge in [-0.15, -0.1) is 0 Å². The maximum Gasteiger partial charge on any atom is 0.356 e. The largest absolute Gasteiger partial charge is 0.461 e.